The monoisotopic (exact) mass is 348 g/mol. The molecule has 2 nitrogen and oxygen atoms in total. The van der Waals surface area contributed by atoms with Gasteiger partial charge in [0, 0.05) is 28.7 Å². The third-order valence-electron chi connectivity index (χ3n) is 3.08. The van der Waals surface area contributed by atoms with E-state index in [1.165, 1.54) is 12.1 Å². The van der Waals surface area contributed by atoms with Crippen LogP contribution in [-0.4, -0.2) is 4.98 Å². The van der Waals surface area contributed by atoms with Crippen molar-refractivity contribution in [1.29, 1.82) is 0 Å². The number of aromatic nitrogens is 1. The van der Waals surface area contributed by atoms with Gasteiger partial charge in [0.2, 0.25) is 0 Å². The summed E-state index contributed by atoms with van der Waals surface area (Å²) in [6.07, 6.45) is 1.72. The number of anilines is 1. The Morgan fingerprint density at radius 2 is 1.81 bits per heavy atom. The van der Waals surface area contributed by atoms with Crippen molar-refractivity contribution in [2.45, 2.75) is 6.54 Å². The normalized spacial score (nSPS) is 10.8. The Bertz CT molecular complexity index is 785. The molecule has 0 spiro atoms. The standard InChI is InChI=1S/C16H11BrF2N2/c17-12-6-11-2-1-3-15(16(11)21-9-12)20-8-10-4-13(18)7-14(19)5-10/h1-7,9,20H,8H2. The van der Waals surface area contributed by atoms with Crippen LogP contribution in [0.15, 0.2) is 53.1 Å². The minimum atomic E-state index is -0.577. The SMILES string of the molecule is Fc1cc(F)cc(CNc2cccc3cc(Br)cnc23)c1. The third kappa shape index (κ3) is 3.19. The molecule has 5 heteroatoms. The Hall–Kier alpha value is -2.01. The smallest absolute Gasteiger partial charge is 0.126 e. The van der Waals surface area contributed by atoms with Gasteiger partial charge in [-0.1, -0.05) is 12.1 Å². The van der Waals surface area contributed by atoms with Gasteiger partial charge in [0.25, 0.3) is 0 Å². The van der Waals surface area contributed by atoms with Crippen molar-refractivity contribution < 1.29 is 8.78 Å². The molecular formula is C16H11BrF2N2. The van der Waals surface area contributed by atoms with E-state index in [4.69, 9.17) is 0 Å². The molecular weight excluding hydrogens is 338 g/mol. The highest BCUT2D eigenvalue weighted by Crippen LogP contribution is 2.24. The summed E-state index contributed by atoms with van der Waals surface area (Å²) in [6.45, 7) is 0.325. The van der Waals surface area contributed by atoms with E-state index in [0.29, 0.717) is 12.1 Å². The summed E-state index contributed by atoms with van der Waals surface area (Å²) in [5, 5.41) is 4.15. The van der Waals surface area contributed by atoms with Crippen LogP contribution in [0, 0.1) is 11.6 Å². The molecule has 0 fully saturated rings. The van der Waals surface area contributed by atoms with Crippen LogP contribution in [0.4, 0.5) is 14.5 Å². The topological polar surface area (TPSA) is 24.9 Å². The van der Waals surface area contributed by atoms with Gasteiger partial charge in [-0.25, -0.2) is 8.78 Å². The van der Waals surface area contributed by atoms with Gasteiger partial charge in [0.1, 0.15) is 11.6 Å². The predicted octanol–water partition coefficient (Wildman–Crippen LogP) is 4.89. The second kappa shape index (κ2) is 5.77. The van der Waals surface area contributed by atoms with E-state index < -0.39 is 11.6 Å². The molecule has 0 unspecified atom stereocenters. The number of rotatable bonds is 3. The van der Waals surface area contributed by atoms with E-state index in [-0.39, 0.29) is 0 Å². The summed E-state index contributed by atoms with van der Waals surface area (Å²) < 4.78 is 27.2. The number of pyridine rings is 1. The minimum absolute atomic E-state index is 0.325. The van der Waals surface area contributed by atoms with E-state index in [2.05, 4.69) is 26.2 Å². The molecule has 106 valence electrons. The van der Waals surface area contributed by atoms with Gasteiger partial charge in [-0.15, -0.1) is 0 Å². The zero-order chi connectivity index (χ0) is 14.8. The van der Waals surface area contributed by atoms with Crippen LogP contribution in [0.25, 0.3) is 10.9 Å². The molecule has 0 atom stereocenters. The average Bonchev–Trinajstić information content (AvgIpc) is 2.43. The Balaban J connectivity index is 1.88. The molecule has 1 N–H and O–H groups in total. The highest BCUT2D eigenvalue weighted by Gasteiger charge is 2.04. The van der Waals surface area contributed by atoms with Crippen molar-refractivity contribution in [2.24, 2.45) is 0 Å². The maximum atomic E-state index is 13.2. The van der Waals surface area contributed by atoms with Gasteiger partial charge in [-0.2, -0.15) is 0 Å². The van der Waals surface area contributed by atoms with Crippen molar-refractivity contribution in [3.05, 3.63) is 70.3 Å². The van der Waals surface area contributed by atoms with Gasteiger partial charge in [0.05, 0.1) is 11.2 Å². The zero-order valence-electron chi connectivity index (χ0n) is 10.9. The van der Waals surface area contributed by atoms with Crippen LogP contribution in [0.3, 0.4) is 0 Å². The molecule has 3 rings (SSSR count). The molecule has 21 heavy (non-hydrogen) atoms. The Kier molecular flexibility index (Phi) is 3.84. The number of nitrogens with one attached hydrogen (secondary N) is 1. The summed E-state index contributed by atoms with van der Waals surface area (Å²) in [4.78, 5) is 4.37. The molecule has 0 aliphatic heterocycles. The first-order valence-corrected chi connectivity index (χ1v) is 7.14. The van der Waals surface area contributed by atoms with E-state index in [9.17, 15) is 8.78 Å². The highest BCUT2D eigenvalue weighted by atomic mass is 79.9. The van der Waals surface area contributed by atoms with Crippen LogP contribution >= 0.6 is 15.9 Å². The number of halogens is 3. The maximum Gasteiger partial charge on any atom is 0.126 e. The van der Waals surface area contributed by atoms with Crippen LogP contribution in [-0.2, 0) is 6.54 Å². The molecule has 0 aliphatic carbocycles. The molecule has 1 heterocycles. The third-order valence-corrected chi connectivity index (χ3v) is 3.52. The van der Waals surface area contributed by atoms with E-state index in [1.54, 1.807) is 6.20 Å². The number of hydrogen-bond donors (Lipinski definition) is 1. The second-order valence-electron chi connectivity index (χ2n) is 4.66. The quantitative estimate of drug-likeness (QED) is 0.728. The molecule has 0 saturated carbocycles. The Labute approximate surface area is 129 Å². The Morgan fingerprint density at radius 3 is 2.57 bits per heavy atom. The summed E-state index contributed by atoms with van der Waals surface area (Å²) in [7, 11) is 0. The lowest BCUT2D eigenvalue weighted by Crippen LogP contribution is -2.01. The fourth-order valence-corrected chi connectivity index (χ4v) is 2.54. The fraction of sp³-hybridized carbons (Fsp3) is 0.0625. The lowest BCUT2D eigenvalue weighted by atomic mass is 10.1. The van der Waals surface area contributed by atoms with Crippen molar-refractivity contribution >= 4 is 32.5 Å². The summed E-state index contributed by atoms with van der Waals surface area (Å²) in [5.41, 5.74) is 2.18. The van der Waals surface area contributed by atoms with Crippen LogP contribution in [0.2, 0.25) is 0 Å². The molecule has 0 radical (unpaired) electrons. The maximum absolute atomic E-state index is 13.2. The van der Waals surface area contributed by atoms with Crippen molar-refractivity contribution in [1.82, 2.24) is 4.98 Å². The Morgan fingerprint density at radius 1 is 1.05 bits per heavy atom. The number of hydrogen-bond acceptors (Lipinski definition) is 2. The molecule has 0 bridgehead atoms. The van der Waals surface area contributed by atoms with E-state index in [1.807, 2.05) is 24.3 Å². The molecule has 3 aromatic rings. The number of nitrogens with zero attached hydrogens (tertiary/aromatic N) is 1. The number of fused-ring (bicyclic) bond motifs is 1. The lowest BCUT2D eigenvalue weighted by molar-refractivity contribution is 0.580. The zero-order valence-corrected chi connectivity index (χ0v) is 12.5. The average molecular weight is 349 g/mol. The fourth-order valence-electron chi connectivity index (χ4n) is 2.19. The lowest BCUT2D eigenvalue weighted by Gasteiger charge is -2.09. The van der Waals surface area contributed by atoms with Gasteiger partial charge in [-0.05, 0) is 45.8 Å². The first-order valence-electron chi connectivity index (χ1n) is 6.35. The minimum Gasteiger partial charge on any atom is -0.379 e. The molecule has 2 aromatic carbocycles. The highest BCUT2D eigenvalue weighted by molar-refractivity contribution is 9.10. The van der Waals surface area contributed by atoms with Crippen LogP contribution < -0.4 is 5.32 Å². The first kappa shape index (κ1) is 13.9. The second-order valence-corrected chi connectivity index (χ2v) is 5.58. The number of benzene rings is 2. The number of para-hydroxylation sites is 1. The van der Waals surface area contributed by atoms with Crippen molar-refractivity contribution in [3.8, 4) is 0 Å². The van der Waals surface area contributed by atoms with E-state index in [0.717, 1.165) is 27.1 Å². The van der Waals surface area contributed by atoms with Crippen LogP contribution in [0.5, 0.6) is 0 Å². The van der Waals surface area contributed by atoms with Gasteiger partial charge < -0.3 is 5.32 Å². The van der Waals surface area contributed by atoms with Crippen molar-refractivity contribution in [2.75, 3.05) is 5.32 Å². The van der Waals surface area contributed by atoms with Crippen molar-refractivity contribution in [3.63, 3.8) is 0 Å². The predicted molar refractivity (Wildman–Crippen MR) is 83.1 cm³/mol. The largest absolute Gasteiger partial charge is 0.379 e. The van der Waals surface area contributed by atoms with Gasteiger partial charge in [0.15, 0.2) is 0 Å². The van der Waals surface area contributed by atoms with Crippen LogP contribution in [0.1, 0.15) is 5.56 Å². The summed E-state index contributed by atoms with van der Waals surface area (Å²) in [5.74, 6) is -1.15. The molecule has 0 saturated heterocycles. The molecule has 1 aromatic heterocycles. The first-order chi connectivity index (χ1) is 10.1. The summed E-state index contributed by atoms with van der Waals surface area (Å²) >= 11 is 3.38. The van der Waals surface area contributed by atoms with Gasteiger partial charge >= 0.3 is 0 Å². The summed E-state index contributed by atoms with van der Waals surface area (Å²) in [6, 6.07) is 11.2. The molecule has 0 amide bonds. The molecule has 0 aliphatic rings. The van der Waals surface area contributed by atoms with Gasteiger partial charge in [-0.3, -0.25) is 4.98 Å². The van der Waals surface area contributed by atoms with E-state index >= 15 is 0 Å².